The third kappa shape index (κ3) is 6.19. The van der Waals surface area contributed by atoms with Crippen LogP contribution < -0.4 is 10.1 Å². The van der Waals surface area contributed by atoms with Gasteiger partial charge in [0.15, 0.2) is 0 Å². The zero-order chi connectivity index (χ0) is 22.2. The Morgan fingerprint density at radius 2 is 1.65 bits per heavy atom. The molecule has 0 saturated carbocycles. The third-order valence-electron chi connectivity index (χ3n) is 5.19. The van der Waals surface area contributed by atoms with E-state index in [9.17, 15) is 9.59 Å². The lowest BCUT2D eigenvalue weighted by atomic mass is 10.0. The third-order valence-corrected chi connectivity index (χ3v) is 5.19. The van der Waals surface area contributed by atoms with Crippen LogP contribution in [0.1, 0.15) is 36.6 Å². The van der Waals surface area contributed by atoms with Crippen molar-refractivity contribution in [3.05, 3.63) is 95.6 Å². The summed E-state index contributed by atoms with van der Waals surface area (Å²) in [7, 11) is 1.62. The van der Waals surface area contributed by atoms with Gasteiger partial charge in [-0.2, -0.15) is 0 Å². The molecule has 0 spiro atoms. The number of hydrogen-bond donors (Lipinski definition) is 1. The van der Waals surface area contributed by atoms with Crippen molar-refractivity contribution in [2.24, 2.45) is 0 Å². The highest BCUT2D eigenvalue weighted by Gasteiger charge is 2.22. The van der Waals surface area contributed by atoms with Crippen LogP contribution in [0.4, 0.5) is 5.69 Å². The Labute approximate surface area is 183 Å². The van der Waals surface area contributed by atoms with Crippen LogP contribution in [0.5, 0.6) is 5.75 Å². The van der Waals surface area contributed by atoms with Gasteiger partial charge in [0.1, 0.15) is 5.75 Å². The number of methoxy groups -OCH3 is 1. The standard InChI is InChI=1S/C26H28N2O3/c1-19(23-10-7-11-24(17-23)27-20(2)29)28(18-22-8-5-4-6-9-22)26(30)16-21-12-14-25(31-3)15-13-21/h4-15,17,19H,16,18H2,1-3H3,(H,27,29). The molecule has 0 aliphatic carbocycles. The van der Waals surface area contributed by atoms with Crippen molar-refractivity contribution >= 4 is 17.5 Å². The quantitative estimate of drug-likeness (QED) is 0.563. The molecular formula is C26H28N2O3. The summed E-state index contributed by atoms with van der Waals surface area (Å²) in [6, 6.07) is 25.0. The van der Waals surface area contributed by atoms with Crippen molar-refractivity contribution < 1.29 is 14.3 Å². The van der Waals surface area contributed by atoms with Gasteiger partial charge in [-0.1, -0.05) is 54.6 Å². The van der Waals surface area contributed by atoms with E-state index in [1.165, 1.54) is 6.92 Å². The second-order valence-electron chi connectivity index (χ2n) is 7.51. The minimum Gasteiger partial charge on any atom is -0.497 e. The molecule has 160 valence electrons. The van der Waals surface area contributed by atoms with E-state index in [4.69, 9.17) is 4.74 Å². The van der Waals surface area contributed by atoms with Crippen molar-refractivity contribution in [3.63, 3.8) is 0 Å². The minimum absolute atomic E-state index is 0.0338. The first-order valence-corrected chi connectivity index (χ1v) is 10.3. The predicted octanol–water partition coefficient (Wildman–Crippen LogP) is 4.99. The summed E-state index contributed by atoms with van der Waals surface area (Å²) in [5.74, 6) is 0.675. The molecule has 0 radical (unpaired) electrons. The largest absolute Gasteiger partial charge is 0.497 e. The average Bonchev–Trinajstić information content (AvgIpc) is 2.78. The fourth-order valence-electron chi connectivity index (χ4n) is 3.50. The maximum Gasteiger partial charge on any atom is 0.227 e. The number of rotatable bonds is 8. The SMILES string of the molecule is COc1ccc(CC(=O)N(Cc2ccccc2)C(C)c2cccc(NC(C)=O)c2)cc1. The van der Waals surface area contributed by atoms with Crippen molar-refractivity contribution in [1.29, 1.82) is 0 Å². The summed E-state index contributed by atoms with van der Waals surface area (Å²) < 4.78 is 5.21. The van der Waals surface area contributed by atoms with Crippen molar-refractivity contribution in [1.82, 2.24) is 4.90 Å². The number of carbonyl (C=O) groups excluding carboxylic acids is 2. The van der Waals surface area contributed by atoms with Crippen LogP contribution in [0.25, 0.3) is 0 Å². The second-order valence-corrected chi connectivity index (χ2v) is 7.51. The molecule has 0 bridgehead atoms. The molecule has 0 aliphatic heterocycles. The Hall–Kier alpha value is -3.60. The van der Waals surface area contributed by atoms with Gasteiger partial charge in [0.25, 0.3) is 0 Å². The number of nitrogens with one attached hydrogen (secondary N) is 1. The summed E-state index contributed by atoms with van der Waals surface area (Å²) >= 11 is 0. The second kappa shape index (κ2) is 10.4. The molecule has 1 atom stereocenters. The molecule has 31 heavy (non-hydrogen) atoms. The van der Waals surface area contributed by atoms with E-state index >= 15 is 0 Å². The summed E-state index contributed by atoms with van der Waals surface area (Å²) in [4.78, 5) is 26.7. The van der Waals surface area contributed by atoms with Gasteiger partial charge in [0, 0.05) is 19.2 Å². The molecule has 0 heterocycles. The lowest BCUT2D eigenvalue weighted by molar-refractivity contribution is -0.133. The van der Waals surface area contributed by atoms with Crippen LogP contribution >= 0.6 is 0 Å². The molecule has 0 aromatic heterocycles. The number of amides is 2. The van der Waals surface area contributed by atoms with Gasteiger partial charge >= 0.3 is 0 Å². The number of benzene rings is 3. The topological polar surface area (TPSA) is 58.6 Å². The fraction of sp³-hybridized carbons (Fsp3) is 0.231. The zero-order valence-corrected chi connectivity index (χ0v) is 18.2. The number of hydrogen-bond acceptors (Lipinski definition) is 3. The maximum atomic E-state index is 13.4. The molecule has 5 heteroatoms. The zero-order valence-electron chi connectivity index (χ0n) is 18.2. The van der Waals surface area contributed by atoms with Crippen LogP contribution in [0, 0.1) is 0 Å². The van der Waals surface area contributed by atoms with Gasteiger partial charge in [0.05, 0.1) is 19.6 Å². The van der Waals surface area contributed by atoms with Crippen molar-refractivity contribution in [2.75, 3.05) is 12.4 Å². The minimum atomic E-state index is -0.167. The summed E-state index contributed by atoms with van der Waals surface area (Å²) in [5.41, 5.74) is 3.68. The highest BCUT2D eigenvalue weighted by Crippen LogP contribution is 2.26. The van der Waals surface area contributed by atoms with Gasteiger partial charge in [-0.05, 0) is 47.9 Å². The van der Waals surface area contributed by atoms with E-state index in [0.29, 0.717) is 13.0 Å². The van der Waals surface area contributed by atoms with Crippen molar-refractivity contribution in [3.8, 4) is 5.75 Å². The fourth-order valence-corrected chi connectivity index (χ4v) is 3.50. The Kier molecular flexibility index (Phi) is 7.44. The van der Waals surface area contributed by atoms with Crippen LogP contribution in [0.15, 0.2) is 78.9 Å². The Morgan fingerprint density at radius 1 is 0.935 bits per heavy atom. The highest BCUT2D eigenvalue weighted by atomic mass is 16.5. The van der Waals surface area contributed by atoms with E-state index < -0.39 is 0 Å². The maximum absolute atomic E-state index is 13.4. The molecule has 3 rings (SSSR count). The van der Waals surface area contributed by atoms with Crippen LogP contribution in [0.2, 0.25) is 0 Å². The molecule has 0 fully saturated rings. The molecule has 1 unspecified atom stereocenters. The monoisotopic (exact) mass is 416 g/mol. The first-order valence-electron chi connectivity index (χ1n) is 10.3. The highest BCUT2D eigenvalue weighted by molar-refractivity contribution is 5.88. The van der Waals surface area contributed by atoms with E-state index in [0.717, 1.165) is 28.1 Å². The smallest absolute Gasteiger partial charge is 0.227 e. The molecule has 2 amide bonds. The molecule has 5 nitrogen and oxygen atoms in total. The number of anilines is 1. The van der Waals surface area contributed by atoms with Crippen LogP contribution in [-0.4, -0.2) is 23.8 Å². The van der Waals surface area contributed by atoms with E-state index in [-0.39, 0.29) is 17.9 Å². The average molecular weight is 417 g/mol. The normalized spacial score (nSPS) is 11.5. The first-order chi connectivity index (χ1) is 15.0. The van der Waals surface area contributed by atoms with Gasteiger partial charge in [-0.15, -0.1) is 0 Å². The van der Waals surface area contributed by atoms with Crippen LogP contribution in [0.3, 0.4) is 0 Å². The molecular weight excluding hydrogens is 388 g/mol. The summed E-state index contributed by atoms with van der Waals surface area (Å²) in [6.07, 6.45) is 0.298. The van der Waals surface area contributed by atoms with Gasteiger partial charge in [0.2, 0.25) is 11.8 Å². The molecule has 1 N–H and O–H groups in total. The molecule has 3 aromatic rings. The van der Waals surface area contributed by atoms with E-state index in [1.807, 2.05) is 90.7 Å². The number of carbonyl (C=O) groups is 2. The molecule has 3 aromatic carbocycles. The first kappa shape index (κ1) is 22.1. The Balaban J connectivity index is 1.86. The van der Waals surface area contributed by atoms with Gasteiger partial charge in [-0.25, -0.2) is 0 Å². The predicted molar refractivity (Wildman–Crippen MR) is 123 cm³/mol. The van der Waals surface area contributed by atoms with Gasteiger partial charge in [-0.3, -0.25) is 9.59 Å². The lowest BCUT2D eigenvalue weighted by Gasteiger charge is -2.30. The van der Waals surface area contributed by atoms with E-state index in [1.54, 1.807) is 7.11 Å². The van der Waals surface area contributed by atoms with E-state index in [2.05, 4.69) is 5.32 Å². The molecule has 0 aliphatic rings. The summed E-state index contributed by atoms with van der Waals surface area (Å²) in [6.45, 7) is 4.00. The lowest BCUT2D eigenvalue weighted by Crippen LogP contribution is -2.34. The molecule has 0 saturated heterocycles. The summed E-state index contributed by atoms with van der Waals surface area (Å²) in [5, 5.41) is 2.81. The number of ether oxygens (including phenoxy) is 1. The van der Waals surface area contributed by atoms with Crippen molar-refractivity contribution in [2.45, 2.75) is 32.9 Å². The Bertz CT molecular complexity index is 1020. The Morgan fingerprint density at radius 3 is 2.29 bits per heavy atom. The number of nitrogens with zero attached hydrogens (tertiary/aromatic N) is 1. The van der Waals surface area contributed by atoms with Gasteiger partial charge < -0.3 is 15.0 Å². The van der Waals surface area contributed by atoms with Crippen LogP contribution in [-0.2, 0) is 22.6 Å².